The van der Waals surface area contributed by atoms with Gasteiger partial charge < -0.3 is 4.42 Å². The van der Waals surface area contributed by atoms with Gasteiger partial charge in [0, 0.05) is 27.5 Å². The van der Waals surface area contributed by atoms with Crippen LogP contribution in [0.2, 0.25) is 0 Å². The second-order valence-corrected chi connectivity index (χ2v) is 14.4. The Morgan fingerprint density at radius 1 is 0.281 bits per heavy atom. The van der Waals surface area contributed by atoms with E-state index in [9.17, 15) is 0 Å². The Morgan fingerprint density at radius 2 is 0.842 bits per heavy atom. The van der Waals surface area contributed by atoms with Crippen LogP contribution >= 0.6 is 0 Å². The van der Waals surface area contributed by atoms with E-state index < -0.39 is 0 Å². The van der Waals surface area contributed by atoms with Crippen LogP contribution in [-0.2, 0) is 0 Å². The van der Waals surface area contributed by atoms with Gasteiger partial charge in [0.15, 0.2) is 17.5 Å². The van der Waals surface area contributed by atoms with Gasteiger partial charge in [-0.05, 0) is 85.3 Å². The third kappa shape index (κ3) is 5.83. The van der Waals surface area contributed by atoms with Crippen LogP contribution in [0.5, 0.6) is 0 Å². The minimum absolute atomic E-state index is 0.592. The highest BCUT2D eigenvalue weighted by atomic mass is 16.3. The summed E-state index contributed by atoms with van der Waals surface area (Å²) in [6.07, 6.45) is 0. The molecule has 2 aromatic heterocycles. The fourth-order valence-corrected chi connectivity index (χ4v) is 8.14. The van der Waals surface area contributed by atoms with E-state index in [-0.39, 0.29) is 0 Å². The number of fused-ring (bicyclic) bond motifs is 6. The summed E-state index contributed by atoms with van der Waals surface area (Å²) in [6, 6.07) is 70.0. The van der Waals surface area contributed by atoms with E-state index in [4.69, 9.17) is 19.4 Å². The van der Waals surface area contributed by atoms with Crippen LogP contribution in [-0.4, -0.2) is 15.0 Å². The third-order valence-corrected chi connectivity index (χ3v) is 10.9. The zero-order valence-corrected chi connectivity index (χ0v) is 30.8. The van der Waals surface area contributed by atoms with E-state index in [0.717, 1.165) is 60.9 Å². The van der Waals surface area contributed by atoms with Gasteiger partial charge in [-0.1, -0.05) is 170 Å². The largest absolute Gasteiger partial charge is 0.456 e. The molecule has 0 N–H and O–H groups in total. The van der Waals surface area contributed by atoms with Crippen molar-refractivity contribution in [1.82, 2.24) is 15.0 Å². The lowest BCUT2D eigenvalue weighted by molar-refractivity contribution is 0.669. The van der Waals surface area contributed by atoms with Crippen molar-refractivity contribution >= 4 is 43.5 Å². The van der Waals surface area contributed by atoms with Crippen molar-refractivity contribution in [3.05, 3.63) is 200 Å². The van der Waals surface area contributed by atoms with E-state index in [1.54, 1.807) is 0 Å². The highest BCUT2D eigenvalue weighted by Crippen LogP contribution is 2.40. The zero-order valence-electron chi connectivity index (χ0n) is 30.8. The molecule has 0 unspecified atom stereocenters. The topological polar surface area (TPSA) is 51.8 Å². The van der Waals surface area contributed by atoms with Crippen LogP contribution in [0.3, 0.4) is 0 Å². The minimum atomic E-state index is 0.592. The SMILES string of the molecule is c1ccc(-c2cccc(-c3nc(-c4ccccc4)nc(-c4cccc5oc6ccc(-c7ccc(-c8cc9ccccc9c9ccccc89)cc7)cc6c45)n3)c2)cc1. The maximum atomic E-state index is 6.48. The van der Waals surface area contributed by atoms with Gasteiger partial charge in [-0.25, -0.2) is 15.0 Å². The summed E-state index contributed by atoms with van der Waals surface area (Å²) in [5.74, 6) is 1.82. The summed E-state index contributed by atoms with van der Waals surface area (Å²) in [7, 11) is 0. The molecule has 0 bridgehead atoms. The second kappa shape index (κ2) is 13.6. The van der Waals surface area contributed by atoms with Crippen LogP contribution in [0.1, 0.15) is 0 Å². The van der Waals surface area contributed by atoms with E-state index >= 15 is 0 Å². The zero-order chi connectivity index (χ0) is 37.7. The van der Waals surface area contributed by atoms with Gasteiger partial charge in [-0.3, -0.25) is 0 Å². The Hall–Kier alpha value is -7.69. The summed E-state index contributed by atoms with van der Waals surface area (Å²) in [5.41, 5.74) is 11.2. The molecule has 0 amide bonds. The lowest BCUT2D eigenvalue weighted by Crippen LogP contribution is -2.00. The van der Waals surface area contributed by atoms with Crippen molar-refractivity contribution in [1.29, 1.82) is 0 Å². The first-order valence-electron chi connectivity index (χ1n) is 19.2. The molecule has 4 nitrogen and oxygen atoms in total. The smallest absolute Gasteiger partial charge is 0.164 e. The average molecular weight is 728 g/mol. The fourth-order valence-electron chi connectivity index (χ4n) is 8.14. The first kappa shape index (κ1) is 32.7. The lowest BCUT2D eigenvalue weighted by Gasteiger charge is -2.12. The number of aromatic nitrogens is 3. The summed E-state index contributed by atoms with van der Waals surface area (Å²) in [5, 5.41) is 7.02. The normalized spacial score (nSPS) is 11.5. The summed E-state index contributed by atoms with van der Waals surface area (Å²) in [6.45, 7) is 0. The molecule has 266 valence electrons. The quantitative estimate of drug-likeness (QED) is 0.160. The molecule has 0 aliphatic carbocycles. The molecule has 11 aromatic rings. The molecule has 4 heteroatoms. The van der Waals surface area contributed by atoms with E-state index in [2.05, 4.69) is 152 Å². The van der Waals surface area contributed by atoms with E-state index in [1.165, 1.54) is 32.7 Å². The molecule has 0 spiro atoms. The van der Waals surface area contributed by atoms with Gasteiger partial charge in [-0.15, -0.1) is 0 Å². The number of rotatable bonds is 6. The minimum Gasteiger partial charge on any atom is -0.456 e. The van der Waals surface area contributed by atoms with Crippen LogP contribution in [0.25, 0.3) is 111 Å². The number of furan rings is 1. The molecule has 0 atom stereocenters. The Bertz CT molecular complexity index is 3280. The number of benzene rings is 9. The van der Waals surface area contributed by atoms with E-state index in [1.807, 2.05) is 48.5 Å². The molecule has 0 fully saturated rings. The molecule has 11 rings (SSSR count). The van der Waals surface area contributed by atoms with Gasteiger partial charge in [0.2, 0.25) is 0 Å². The Morgan fingerprint density at radius 3 is 1.65 bits per heavy atom. The van der Waals surface area contributed by atoms with Gasteiger partial charge in [0.25, 0.3) is 0 Å². The van der Waals surface area contributed by atoms with E-state index in [0.29, 0.717) is 17.5 Å². The van der Waals surface area contributed by atoms with Gasteiger partial charge in [-0.2, -0.15) is 0 Å². The second-order valence-electron chi connectivity index (χ2n) is 14.4. The molecular weight excluding hydrogens is 695 g/mol. The first-order valence-corrected chi connectivity index (χ1v) is 19.2. The molecule has 9 aromatic carbocycles. The highest BCUT2D eigenvalue weighted by molar-refractivity contribution is 6.14. The Balaban J connectivity index is 1.03. The summed E-state index contributed by atoms with van der Waals surface area (Å²) < 4.78 is 6.48. The lowest BCUT2D eigenvalue weighted by atomic mass is 9.92. The Kier molecular flexibility index (Phi) is 7.78. The van der Waals surface area contributed by atoms with Crippen LogP contribution in [0.4, 0.5) is 0 Å². The molecule has 0 aliphatic heterocycles. The monoisotopic (exact) mass is 727 g/mol. The van der Waals surface area contributed by atoms with Gasteiger partial charge in [0.1, 0.15) is 11.2 Å². The molecular formula is C53H33N3O. The molecule has 57 heavy (non-hydrogen) atoms. The van der Waals surface area contributed by atoms with Crippen molar-refractivity contribution in [3.8, 4) is 67.5 Å². The van der Waals surface area contributed by atoms with Crippen molar-refractivity contribution in [3.63, 3.8) is 0 Å². The Labute approximate surface area is 329 Å². The van der Waals surface area contributed by atoms with Gasteiger partial charge >= 0.3 is 0 Å². The summed E-state index contributed by atoms with van der Waals surface area (Å²) >= 11 is 0. The van der Waals surface area contributed by atoms with Crippen LogP contribution in [0, 0.1) is 0 Å². The first-order chi connectivity index (χ1) is 28.2. The van der Waals surface area contributed by atoms with Crippen molar-refractivity contribution in [2.75, 3.05) is 0 Å². The number of nitrogens with zero attached hydrogens (tertiary/aromatic N) is 3. The molecule has 0 aliphatic rings. The fraction of sp³-hybridized carbons (Fsp3) is 0. The summed E-state index contributed by atoms with van der Waals surface area (Å²) in [4.78, 5) is 15.3. The maximum absolute atomic E-state index is 6.48. The van der Waals surface area contributed by atoms with Crippen LogP contribution < -0.4 is 0 Å². The predicted octanol–water partition coefficient (Wildman–Crippen LogP) is 14.1. The maximum Gasteiger partial charge on any atom is 0.164 e. The molecule has 0 saturated heterocycles. The number of hydrogen-bond acceptors (Lipinski definition) is 4. The third-order valence-electron chi connectivity index (χ3n) is 10.9. The number of hydrogen-bond donors (Lipinski definition) is 0. The molecule has 0 saturated carbocycles. The molecule has 2 heterocycles. The highest BCUT2D eigenvalue weighted by Gasteiger charge is 2.19. The van der Waals surface area contributed by atoms with Gasteiger partial charge in [0.05, 0.1) is 0 Å². The standard InChI is InChI=1S/C53H33N3O/c1-3-13-34(14-4-1)38-18-11-19-41(31-38)52-54-51(37-15-5-2-6-16-37)55-53(56-52)45-23-12-24-49-50(45)47-32-39(29-30-48(47)57-49)35-25-27-36(28-26-35)46-33-40-17-7-8-20-42(40)43-21-9-10-22-44(43)46/h1-33H. The van der Waals surface area contributed by atoms with Crippen molar-refractivity contribution in [2.45, 2.75) is 0 Å². The van der Waals surface area contributed by atoms with Crippen molar-refractivity contribution in [2.24, 2.45) is 0 Å². The molecule has 0 radical (unpaired) electrons. The average Bonchev–Trinajstić information content (AvgIpc) is 3.68. The van der Waals surface area contributed by atoms with Crippen molar-refractivity contribution < 1.29 is 4.42 Å². The predicted molar refractivity (Wildman–Crippen MR) is 235 cm³/mol. The van der Waals surface area contributed by atoms with Crippen LogP contribution in [0.15, 0.2) is 205 Å².